The Bertz CT molecular complexity index is 847. The Labute approximate surface area is 240 Å². The number of imide groups is 1. The molecule has 2 rings (SSSR count). The van der Waals surface area contributed by atoms with Gasteiger partial charge in [0.2, 0.25) is 5.91 Å². The van der Waals surface area contributed by atoms with E-state index in [1.165, 1.54) is 84.0 Å². The van der Waals surface area contributed by atoms with Crippen LogP contribution < -0.4 is 5.32 Å². The number of ether oxygens (including phenoxy) is 3. The number of nitrogens with zero attached hydrogens (tertiary/aromatic N) is 2. The van der Waals surface area contributed by atoms with Crippen LogP contribution in [0, 0.1) is 5.41 Å². The number of rotatable bonds is 21. The zero-order valence-corrected chi connectivity index (χ0v) is 24.8. The van der Waals surface area contributed by atoms with Crippen LogP contribution in [0.25, 0.3) is 0 Å². The van der Waals surface area contributed by atoms with Gasteiger partial charge in [0.15, 0.2) is 0 Å². The molecule has 40 heavy (non-hydrogen) atoms. The SMILES string of the molecule is CCCCCCCCCCCCCCCCNC(=O)OCC1(COC(=O)N(Cc2ccccn2)C(C)=O)COC1. The summed E-state index contributed by atoms with van der Waals surface area (Å²) < 4.78 is 16.1. The Hall–Kier alpha value is -2.68. The quantitative estimate of drug-likeness (QED) is 0.165. The Kier molecular flexibility index (Phi) is 17.0. The Morgan fingerprint density at radius 3 is 1.95 bits per heavy atom. The van der Waals surface area contributed by atoms with Crippen LogP contribution in [0.1, 0.15) is 109 Å². The number of nitrogens with one attached hydrogen (secondary N) is 1. The van der Waals surface area contributed by atoms with Crippen molar-refractivity contribution < 1.29 is 28.6 Å². The van der Waals surface area contributed by atoms with Gasteiger partial charge < -0.3 is 19.5 Å². The van der Waals surface area contributed by atoms with E-state index in [0.717, 1.165) is 17.7 Å². The molecule has 9 heteroatoms. The van der Waals surface area contributed by atoms with Crippen LogP contribution in [-0.2, 0) is 25.5 Å². The Balaban J connectivity index is 1.50. The lowest BCUT2D eigenvalue weighted by atomic mass is 9.88. The van der Waals surface area contributed by atoms with Crippen LogP contribution in [0.4, 0.5) is 9.59 Å². The van der Waals surface area contributed by atoms with E-state index >= 15 is 0 Å². The van der Waals surface area contributed by atoms with Gasteiger partial charge in [-0.3, -0.25) is 9.78 Å². The molecular formula is C31H51N3O6. The first kappa shape index (κ1) is 33.5. The second kappa shape index (κ2) is 20.2. The third kappa shape index (κ3) is 14.1. The maximum atomic E-state index is 12.6. The second-order valence-electron chi connectivity index (χ2n) is 11.1. The molecule has 0 bridgehead atoms. The average Bonchev–Trinajstić information content (AvgIpc) is 2.93. The molecule has 1 saturated heterocycles. The molecule has 9 nitrogen and oxygen atoms in total. The van der Waals surface area contributed by atoms with Gasteiger partial charge in [0.05, 0.1) is 30.9 Å². The second-order valence-corrected chi connectivity index (χ2v) is 11.1. The third-order valence-corrected chi connectivity index (χ3v) is 7.27. The molecule has 0 aliphatic carbocycles. The number of amides is 3. The summed E-state index contributed by atoms with van der Waals surface area (Å²) >= 11 is 0. The van der Waals surface area contributed by atoms with Gasteiger partial charge in [0, 0.05) is 19.7 Å². The monoisotopic (exact) mass is 561 g/mol. The predicted octanol–water partition coefficient (Wildman–Crippen LogP) is 6.79. The first-order chi connectivity index (χ1) is 19.5. The van der Waals surface area contributed by atoms with Gasteiger partial charge in [-0.2, -0.15) is 0 Å². The maximum absolute atomic E-state index is 12.6. The fourth-order valence-electron chi connectivity index (χ4n) is 4.63. The van der Waals surface area contributed by atoms with Crippen molar-refractivity contribution in [2.24, 2.45) is 5.41 Å². The normalized spacial score (nSPS) is 13.8. The van der Waals surface area contributed by atoms with Crippen molar-refractivity contribution in [1.29, 1.82) is 0 Å². The van der Waals surface area contributed by atoms with Crippen molar-refractivity contribution in [2.75, 3.05) is 33.0 Å². The number of carbonyl (C=O) groups is 3. The van der Waals surface area contributed by atoms with Crippen molar-refractivity contribution in [3.8, 4) is 0 Å². The topological polar surface area (TPSA) is 107 Å². The standard InChI is InChI=1S/C31H51N3O6/c1-3-4-5-6-7-8-9-10-11-12-13-14-15-17-21-33-29(36)39-25-31(23-38-24-31)26-40-30(37)34(27(2)35)22-28-19-16-18-20-32-28/h16,18-20H,3-15,17,21-26H2,1-2H3,(H,33,36). The molecule has 3 amide bonds. The fourth-order valence-corrected chi connectivity index (χ4v) is 4.63. The summed E-state index contributed by atoms with van der Waals surface area (Å²) in [7, 11) is 0. The number of aromatic nitrogens is 1. The molecule has 0 unspecified atom stereocenters. The van der Waals surface area contributed by atoms with E-state index in [1.807, 2.05) is 0 Å². The van der Waals surface area contributed by atoms with Crippen molar-refractivity contribution in [3.63, 3.8) is 0 Å². The molecule has 1 N–H and O–H groups in total. The largest absolute Gasteiger partial charge is 0.449 e. The van der Waals surface area contributed by atoms with Gasteiger partial charge in [0.25, 0.3) is 0 Å². The first-order valence-electron chi connectivity index (χ1n) is 15.3. The molecule has 0 aromatic carbocycles. The Morgan fingerprint density at radius 1 is 0.875 bits per heavy atom. The van der Waals surface area contributed by atoms with Crippen LogP contribution in [0.5, 0.6) is 0 Å². The highest BCUT2D eigenvalue weighted by Gasteiger charge is 2.42. The summed E-state index contributed by atoms with van der Waals surface area (Å²) in [6, 6.07) is 5.28. The summed E-state index contributed by atoms with van der Waals surface area (Å²) in [5.74, 6) is -0.436. The molecule has 0 radical (unpaired) electrons. The maximum Gasteiger partial charge on any atom is 0.416 e. The van der Waals surface area contributed by atoms with E-state index < -0.39 is 23.5 Å². The number of hydrogen-bond acceptors (Lipinski definition) is 7. The van der Waals surface area contributed by atoms with Crippen LogP contribution in [0.15, 0.2) is 24.4 Å². The van der Waals surface area contributed by atoms with E-state index in [1.54, 1.807) is 24.4 Å². The minimum atomic E-state index is -0.758. The van der Waals surface area contributed by atoms with E-state index in [0.29, 0.717) is 25.5 Å². The minimum absolute atomic E-state index is 0.00985. The van der Waals surface area contributed by atoms with E-state index in [9.17, 15) is 14.4 Å². The molecule has 1 aliphatic rings. The van der Waals surface area contributed by atoms with Gasteiger partial charge in [0.1, 0.15) is 13.2 Å². The minimum Gasteiger partial charge on any atom is -0.449 e. The highest BCUT2D eigenvalue weighted by atomic mass is 16.6. The van der Waals surface area contributed by atoms with Crippen LogP contribution in [0.3, 0.4) is 0 Å². The molecule has 1 aromatic rings. The van der Waals surface area contributed by atoms with Gasteiger partial charge in [-0.1, -0.05) is 96.5 Å². The lowest BCUT2D eigenvalue weighted by molar-refractivity contribution is -0.160. The molecule has 0 spiro atoms. The van der Waals surface area contributed by atoms with Gasteiger partial charge >= 0.3 is 12.2 Å². The summed E-state index contributed by atoms with van der Waals surface area (Å²) in [5, 5.41) is 2.80. The lowest BCUT2D eigenvalue weighted by Crippen LogP contribution is -2.51. The third-order valence-electron chi connectivity index (χ3n) is 7.27. The van der Waals surface area contributed by atoms with E-state index in [4.69, 9.17) is 14.2 Å². The van der Waals surface area contributed by atoms with Crippen molar-refractivity contribution >= 4 is 18.1 Å². The predicted molar refractivity (Wildman–Crippen MR) is 155 cm³/mol. The summed E-state index contributed by atoms with van der Waals surface area (Å²) in [6.45, 7) is 4.86. The molecule has 0 saturated carbocycles. The smallest absolute Gasteiger partial charge is 0.416 e. The van der Waals surface area contributed by atoms with Crippen molar-refractivity contribution in [1.82, 2.24) is 15.2 Å². The number of hydrogen-bond donors (Lipinski definition) is 1. The summed E-state index contributed by atoms with van der Waals surface area (Å²) in [5.41, 5.74) is -0.0228. The summed E-state index contributed by atoms with van der Waals surface area (Å²) in [6.07, 6.45) is 18.4. The highest BCUT2D eigenvalue weighted by molar-refractivity contribution is 5.90. The zero-order chi connectivity index (χ0) is 28.9. The van der Waals surface area contributed by atoms with Crippen molar-refractivity contribution in [3.05, 3.63) is 30.1 Å². The van der Waals surface area contributed by atoms with Gasteiger partial charge in [-0.25, -0.2) is 14.5 Å². The van der Waals surface area contributed by atoms with Crippen LogP contribution in [-0.4, -0.2) is 60.9 Å². The van der Waals surface area contributed by atoms with Gasteiger partial charge in [-0.15, -0.1) is 0 Å². The zero-order valence-electron chi connectivity index (χ0n) is 24.8. The van der Waals surface area contributed by atoms with Crippen LogP contribution in [0.2, 0.25) is 0 Å². The molecule has 226 valence electrons. The summed E-state index contributed by atoms with van der Waals surface area (Å²) in [4.78, 5) is 41.9. The van der Waals surface area contributed by atoms with Crippen LogP contribution >= 0.6 is 0 Å². The van der Waals surface area contributed by atoms with Gasteiger partial charge in [-0.05, 0) is 18.6 Å². The number of pyridine rings is 1. The van der Waals surface area contributed by atoms with E-state index in [-0.39, 0.29) is 19.8 Å². The molecule has 1 aromatic heterocycles. The first-order valence-corrected chi connectivity index (χ1v) is 15.3. The number of unbranched alkanes of at least 4 members (excludes halogenated alkanes) is 13. The molecule has 0 atom stereocenters. The molecule has 1 aliphatic heterocycles. The lowest BCUT2D eigenvalue weighted by Gasteiger charge is -2.40. The van der Waals surface area contributed by atoms with E-state index in [2.05, 4.69) is 17.2 Å². The number of carbonyl (C=O) groups excluding carboxylic acids is 3. The fraction of sp³-hybridized carbons (Fsp3) is 0.742. The molecule has 2 heterocycles. The Morgan fingerprint density at radius 2 is 1.45 bits per heavy atom. The number of alkyl carbamates (subject to hydrolysis) is 1. The molecule has 1 fully saturated rings. The van der Waals surface area contributed by atoms with Crippen molar-refractivity contribution in [2.45, 2.75) is 110 Å². The highest BCUT2D eigenvalue weighted by Crippen LogP contribution is 2.28. The molecular weight excluding hydrogens is 510 g/mol. The average molecular weight is 562 g/mol.